The van der Waals surface area contributed by atoms with E-state index in [1.54, 1.807) is 6.20 Å². The van der Waals surface area contributed by atoms with Crippen molar-refractivity contribution in [3.8, 4) is 11.3 Å². The van der Waals surface area contributed by atoms with Gasteiger partial charge in [0, 0.05) is 18.0 Å². The molecule has 0 fully saturated rings. The Labute approximate surface area is 127 Å². The van der Waals surface area contributed by atoms with Crippen LogP contribution in [-0.4, -0.2) is 16.5 Å². The molecule has 3 N–H and O–H groups in total. The van der Waals surface area contributed by atoms with Gasteiger partial charge >= 0.3 is 0 Å². The Hall–Kier alpha value is -0.550. The van der Waals surface area contributed by atoms with Crippen molar-refractivity contribution in [3.05, 3.63) is 26.8 Å². The zero-order chi connectivity index (χ0) is 14.0. The molecule has 2 aromatic rings. The van der Waals surface area contributed by atoms with Crippen LogP contribution in [0.3, 0.4) is 0 Å². The van der Waals surface area contributed by atoms with Gasteiger partial charge in [-0.25, -0.2) is 4.98 Å². The fourth-order valence-corrected chi connectivity index (χ4v) is 3.58. The van der Waals surface area contributed by atoms with Gasteiger partial charge in [0.25, 0.3) is 0 Å². The van der Waals surface area contributed by atoms with E-state index in [4.69, 9.17) is 28.9 Å². The minimum Gasteiger partial charge on any atom is -0.342 e. The number of nitrogens with one attached hydrogen (secondary N) is 1. The van der Waals surface area contributed by atoms with Crippen LogP contribution in [0, 0.1) is 5.92 Å². The Bertz CT molecular complexity index is 548. The molecule has 0 radical (unpaired) electrons. The molecule has 0 aromatic carbocycles. The third-order valence-electron chi connectivity index (χ3n) is 2.97. The zero-order valence-electron chi connectivity index (χ0n) is 10.9. The standard InChI is InChI=1S/C13H17Cl2N3S/c1-7(2)3-8(5-16)13-17-6-10(18-13)9-4-11(14)19-12(9)15/h4,6-8H,3,5,16H2,1-2H3,(H,17,18). The van der Waals surface area contributed by atoms with Crippen molar-refractivity contribution < 1.29 is 0 Å². The maximum atomic E-state index is 6.15. The highest BCUT2D eigenvalue weighted by molar-refractivity contribution is 7.20. The van der Waals surface area contributed by atoms with E-state index in [0.717, 1.165) is 23.5 Å². The van der Waals surface area contributed by atoms with E-state index < -0.39 is 0 Å². The zero-order valence-corrected chi connectivity index (χ0v) is 13.2. The summed E-state index contributed by atoms with van der Waals surface area (Å²) < 4.78 is 1.35. The number of nitrogens with two attached hydrogens (primary N) is 1. The molecule has 0 saturated carbocycles. The highest BCUT2D eigenvalue weighted by Crippen LogP contribution is 2.37. The summed E-state index contributed by atoms with van der Waals surface area (Å²) in [6.07, 6.45) is 2.81. The maximum Gasteiger partial charge on any atom is 0.110 e. The Morgan fingerprint density at radius 2 is 2.16 bits per heavy atom. The molecule has 0 saturated heterocycles. The molecule has 104 valence electrons. The van der Waals surface area contributed by atoms with Crippen LogP contribution in [0.4, 0.5) is 0 Å². The number of hydrogen-bond donors (Lipinski definition) is 2. The summed E-state index contributed by atoms with van der Waals surface area (Å²) >= 11 is 13.5. The van der Waals surface area contributed by atoms with E-state index in [9.17, 15) is 0 Å². The summed E-state index contributed by atoms with van der Waals surface area (Å²) in [5.74, 6) is 1.76. The Balaban J connectivity index is 2.25. The normalized spacial score (nSPS) is 13.2. The van der Waals surface area contributed by atoms with Crippen LogP contribution in [0.5, 0.6) is 0 Å². The highest BCUT2D eigenvalue weighted by atomic mass is 35.5. The smallest absolute Gasteiger partial charge is 0.110 e. The average molecular weight is 318 g/mol. The van der Waals surface area contributed by atoms with Gasteiger partial charge in [0.15, 0.2) is 0 Å². The summed E-state index contributed by atoms with van der Waals surface area (Å²) in [4.78, 5) is 7.75. The van der Waals surface area contributed by atoms with Crippen molar-refractivity contribution in [2.75, 3.05) is 6.54 Å². The number of H-pyrrole nitrogens is 1. The molecular formula is C13H17Cl2N3S. The van der Waals surface area contributed by atoms with Crippen molar-refractivity contribution in [2.45, 2.75) is 26.2 Å². The number of nitrogens with zero attached hydrogens (tertiary/aromatic N) is 1. The van der Waals surface area contributed by atoms with Crippen LogP contribution in [0.2, 0.25) is 8.67 Å². The van der Waals surface area contributed by atoms with Crippen molar-refractivity contribution in [2.24, 2.45) is 11.7 Å². The van der Waals surface area contributed by atoms with Crippen LogP contribution >= 0.6 is 34.5 Å². The molecule has 0 bridgehead atoms. The minimum absolute atomic E-state index is 0.252. The largest absolute Gasteiger partial charge is 0.342 e. The molecule has 19 heavy (non-hydrogen) atoms. The number of rotatable bonds is 5. The summed E-state index contributed by atoms with van der Waals surface area (Å²) in [6, 6.07) is 1.85. The molecule has 0 aliphatic carbocycles. The third-order valence-corrected chi connectivity index (χ3v) is 4.46. The number of imidazole rings is 1. The first-order valence-electron chi connectivity index (χ1n) is 6.21. The highest BCUT2D eigenvalue weighted by Gasteiger charge is 2.17. The number of thiophene rings is 1. The molecule has 1 atom stereocenters. The van der Waals surface area contributed by atoms with E-state index in [2.05, 4.69) is 23.8 Å². The maximum absolute atomic E-state index is 6.15. The van der Waals surface area contributed by atoms with E-state index in [1.165, 1.54) is 11.3 Å². The van der Waals surface area contributed by atoms with Crippen LogP contribution in [0.25, 0.3) is 11.3 Å². The molecule has 0 amide bonds. The molecule has 1 unspecified atom stereocenters. The first-order chi connectivity index (χ1) is 9.01. The van der Waals surface area contributed by atoms with Gasteiger partial charge in [-0.05, 0) is 18.4 Å². The van der Waals surface area contributed by atoms with Crippen LogP contribution in [0.1, 0.15) is 32.0 Å². The first-order valence-corrected chi connectivity index (χ1v) is 7.78. The van der Waals surface area contributed by atoms with Gasteiger partial charge in [0.1, 0.15) is 10.2 Å². The lowest BCUT2D eigenvalue weighted by Crippen LogP contribution is -2.15. The van der Waals surface area contributed by atoms with Gasteiger partial charge in [-0.15, -0.1) is 11.3 Å². The molecule has 3 nitrogen and oxygen atoms in total. The first kappa shape index (κ1) is 14.9. The molecule has 6 heteroatoms. The second-order valence-electron chi connectivity index (χ2n) is 4.98. The molecule has 2 rings (SSSR count). The summed E-state index contributed by atoms with van der Waals surface area (Å²) in [5.41, 5.74) is 7.62. The third kappa shape index (κ3) is 3.51. The van der Waals surface area contributed by atoms with Gasteiger partial charge in [-0.1, -0.05) is 37.0 Å². The molecule has 0 aliphatic rings. The van der Waals surface area contributed by atoms with Crippen LogP contribution in [0.15, 0.2) is 12.3 Å². The fourth-order valence-electron chi connectivity index (χ4n) is 2.09. The summed E-state index contributed by atoms with van der Waals surface area (Å²) in [6.45, 7) is 4.95. The van der Waals surface area contributed by atoms with E-state index in [0.29, 0.717) is 21.1 Å². The Morgan fingerprint density at radius 3 is 2.68 bits per heavy atom. The predicted molar refractivity (Wildman–Crippen MR) is 83.2 cm³/mol. The SMILES string of the molecule is CC(C)CC(CN)c1ncc(-c2cc(Cl)sc2Cl)[nH]1. The van der Waals surface area contributed by atoms with Crippen molar-refractivity contribution in [1.82, 2.24) is 9.97 Å². The van der Waals surface area contributed by atoms with Gasteiger partial charge in [-0.2, -0.15) is 0 Å². The minimum atomic E-state index is 0.252. The lowest BCUT2D eigenvalue weighted by Gasteiger charge is -2.14. The summed E-state index contributed by atoms with van der Waals surface area (Å²) in [7, 11) is 0. The second kappa shape index (κ2) is 6.27. The molecule has 0 aliphatic heterocycles. The quantitative estimate of drug-likeness (QED) is 0.851. The molecule has 0 spiro atoms. The van der Waals surface area contributed by atoms with E-state index in [-0.39, 0.29) is 5.92 Å². The van der Waals surface area contributed by atoms with Crippen LogP contribution in [-0.2, 0) is 0 Å². The summed E-state index contributed by atoms with van der Waals surface area (Å²) in [5, 5.41) is 0. The van der Waals surface area contributed by atoms with Crippen molar-refractivity contribution >= 4 is 34.5 Å². The van der Waals surface area contributed by atoms with Gasteiger partial charge in [-0.3, -0.25) is 0 Å². The predicted octanol–water partition coefficient (Wildman–Crippen LogP) is 4.53. The van der Waals surface area contributed by atoms with Crippen LogP contribution < -0.4 is 5.73 Å². The number of halogens is 2. The molecule has 2 heterocycles. The van der Waals surface area contributed by atoms with E-state index in [1.807, 2.05) is 6.07 Å². The number of hydrogen-bond acceptors (Lipinski definition) is 3. The number of aromatic nitrogens is 2. The van der Waals surface area contributed by atoms with Crippen molar-refractivity contribution in [3.63, 3.8) is 0 Å². The Morgan fingerprint density at radius 1 is 1.42 bits per heavy atom. The topological polar surface area (TPSA) is 54.7 Å². The molecule has 2 aromatic heterocycles. The van der Waals surface area contributed by atoms with E-state index >= 15 is 0 Å². The molecular weight excluding hydrogens is 301 g/mol. The van der Waals surface area contributed by atoms with Crippen molar-refractivity contribution in [1.29, 1.82) is 0 Å². The lowest BCUT2D eigenvalue weighted by atomic mass is 9.97. The Kier molecular flexibility index (Phi) is 4.90. The van der Waals surface area contributed by atoms with Gasteiger partial charge in [0.05, 0.1) is 16.2 Å². The fraction of sp³-hybridized carbons (Fsp3) is 0.462. The number of aromatic amines is 1. The van der Waals surface area contributed by atoms with Gasteiger partial charge < -0.3 is 10.7 Å². The monoisotopic (exact) mass is 317 g/mol. The van der Waals surface area contributed by atoms with Gasteiger partial charge in [0.2, 0.25) is 0 Å². The lowest BCUT2D eigenvalue weighted by molar-refractivity contribution is 0.490. The second-order valence-corrected chi connectivity index (χ2v) is 7.27. The average Bonchev–Trinajstić information content (AvgIpc) is 2.92.